The molecule has 0 spiro atoms. The van der Waals surface area contributed by atoms with Crippen LogP contribution in [0.1, 0.15) is 32.6 Å². The lowest BCUT2D eigenvalue weighted by Gasteiger charge is -2.37. The van der Waals surface area contributed by atoms with E-state index in [1.165, 1.54) is 0 Å². The maximum atomic E-state index is 14.2. The highest BCUT2D eigenvalue weighted by atomic mass is 32.2. The molecule has 100 valence electrons. The second-order valence-corrected chi connectivity index (χ2v) is 6.81. The molecule has 0 aromatic carbocycles. The molecule has 0 aliphatic heterocycles. The van der Waals surface area contributed by atoms with Crippen LogP contribution in [-0.2, 0) is 10.1 Å². The zero-order valence-corrected chi connectivity index (χ0v) is 10.2. The van der Waals surface area contributed by atoms with E-state index in [4.69, 9.17) is 4.55 Å². The Kier molecular flexibility index (Phi) is 2.78. The smallest absolute Gasteiger partial charge is 0.281 e. The van der Waals surface area contributed by atoms with Crippen molar-refractivity contribution >= 4 is 10.1 Å². The van der Waals surface area contributed by atoms with Crippen molar-refractivity contribution in [3.63, 3.8) is 0 Å². The van der Waals surface area contributed by atoms with Gasteiger partial charge in [0.2, 0.25) is 0 Å². The molecular weight excluding hydrogens is 257 g/mol. The van der Waals surface area contributed by atoms with Crippen LogP contribution in [0.3, 0.4) is 0 Å². The Labute approximate surface area is 98.1 Å². The van der Waals surface area contributed by atoms with E-state index in [2.05, 4.69) is 0 Å². The first-order chi connectivity index (χ1) is 7.57. The van der Waals surface area contributed by atoms with Gasteiger partial charge in [0.15, 0.2) is 5.67 Å². The molecule has 1 N–H and O–H groups in total. The van der Waals surface area contributed by atoms with Crippen molar-refractivity contribution in [3.05, 3.63) is 0 Å². The monoisotopic (exact) mass is 272 g/mol. The molecule has 2 aliphatic rings. The van der Waals surface area contributed by atoms with Crippen molar-refractivity contribution in [3.8, 4) is 0 Å². The van der Waals surface area contributed by atoms with Gasteiger partial charge in [-0.3, -0.25) is 4.55 Å². The van der Waals surface area contributed by atoms with Gasteiger partial charge < -0.3 is 0 Å². The Balaban J connectivity index is 2.31. The molecule has 0 saturated heterocycles. The van der Waals surface area contributed by atoms with Gasteiger partial charge in [0, 0.05) is 5.92 Å². The van der Waals surface area contributed by atoms with Crippen molar-refractivity contribution in [1.82, 2.24) is 0 Å². The van der Waals surface area contributed by atoms with Crippen LogP contribution < -0.4 is 0 Å². The average Bonchev–Trinajstić information content (AvgIpc) is 2.76. The van der Waals surface area contributed by atoms with Gasteiger partial charge in [-0.15, -0.1) is 0 Å². The fourth-order valence-electron chi connectivity index (χ4n) is 3.38. The molecule has 2 bridgehead atoms. The molecule has 0 aromatic rings. The summed E-state index contributed by atoms with van der Waals surface area (Å²) in [7, 11) is -5.72. The summed E-state index contributed by atoms with van der Waals surface area (Å²) in [6.45, 7) is 0.589. The second-order valence-electron chi connectivity index (χ2n) is 5.35. The summed E-state index contributed by atoms with van der Waals surface area (Å²) in [6, 6.07) is 0. The van der Waals surface area contributed by atoms with Crippen LogP contribution in [0.5, 0.6) is 0 Å². The van der Waals surface area contributed by atoms with Crippen molar-refractivity contribution in [2.45, 2.75) is 43.5 Å². The SMILES string of the molecule is CC(F)(C1CC2CCC1C2)C(F)(F)S(=O)(=O)O. The van der Waals surface area contributed by atoms with Crippen molar-refractivity contribution in [1.29, 1.82) is 0 Å². The normalized spacial score (nSPS) is 37.1. The molecule has 17 heavy (non-hydrogen) atoms. The summed E-state index contributed by atoms with van der Waals surface area (Å²) in [4.78, 5) is 0. The largest absolute Gasteiger partial charge is 0.402 e. The fourth-order valence-corrected chi connectivity index (χ4v) is 4.03. The molecular formula is C10H15F3O3S. The van der Waals surface area contributed by atoms with Crippen LogP contribution in [0.4, 0.5) is 13.2 Å². The highest BCUT2D eigenvalue weighted by Gasteiger charge is 2.67. The number of hydrogen-bond donors (Lipinski definition) is 1. The summed E-state index contributed by atoms with van der Waals surface area (Å²) >= 11 is 0. The molecule has 2 aliphatic carbocycles. The molecule has 0 aromatic heterocycles. The lowest BCUT2D eigenvalue weighted by Crippen LogP contribution is -2.53. The van der Waals surface area contributed by atoms with Gasteiger partial charge in [-0.2, -0.15) is 17.2 Å². The summed E-state index contributed by atoms with van der Waals surface area (Å²) in [5.41, 5.74) is -3.21. The number of fused-ring (bicyclic) bond motifs is 2. The third-order valence-electron chi connectivity index (χ3n) is 4.33. The molecule has 7 heteroatoms. The topological polar surface area (TPSA) is 54.4 Å². The first-order valence-electron chi connectivity index (χ1n) is 5.61. The molecule has 0 radical (unpaired) electrons. The van der Waals surface area contributed by atoms with Crippen molar-refractivity contribution in [2.75, 3.05) is 0 Å². The number of alkyl halides is 3. The van der Waals surface area contributed by atoms with Crippen LogP contribution in [0.25, 0.3) is 0 Å². The van der Waals surface area contributed by atoms with Gasteiger partial charge in [-0.05, 0) is 38.0 Å². The lowest BCUT2D eigenvalue weighted by atomic mass is 9.78. The van der Waals surface area contributed by atoms with Gasteiger partial charge >= 0.3 is 15.4 Å². The summed E-state index contributed by atoms with van der Waals surface area (Å²) in [6.07, 6.45) is 2.53. The van der Waals surface area contributed by atoms with Crippen LogP contribution in [-0.4, -0.2) is 23.9 Å². The van der Waals surface area contributed by atoms with Gasteiger partial charge in [-0.1, -0.05) is 6.42 Å². The van der Waals surface area contributed by atoms with E-state index >= 15 is 0 Å². The van der Waals surface area contributed by atoms with E-state index in [9.17, 15) is 21.6 Å². The fraction of sp³-hybridized carbons (Fsp3) is 1.00. The van der Waals surface area contributed by atoms with E-state index in [-0.39, 0.29) is 18.3 Å². The first-order valence-corrected chi connectivity index (χ1v) is 7.05. The highest BCUT2D eigenvalue weighted by Crippen LogP contribution is 2.57. The summed E-state index contributed by atoms with van der Waals surface area (Å²) in [5.74, 6) is -0.960. The van der Waals surface area contributed by atoms with Crippen molar-refractivity contribution < 1.29 is 26.1 Å². The third kappa shape index (κ3) is 1.78. The Morgan fingerprint density at radius 1 is 1.18 bits per heavy atom. The Bertz CT molecular complexity index is 419. The minimum Gasteiger partial charge on any atom is -0.281 e. The maximum Gasteiger partial charge on any atom is 0.402 e. The van der Waals surface area contributed by atoms with Crippen LogP contribution >= 0.6 is 0 Å². The molecule has 0 amide bonds. The molecule has 0 heterocycles. The van der Waals surface area contributed by atoms with E-state index in [0.717, 1.165) is 6.42 Å². The van der Waals surface area contributed by atoms with Crippen LogP contribution in [0.2, 0.25) is 0 Å². The van der Waals surface area contributed by atoms with Gasteiger partial charge in [0.25, 0.3) is 0 Å². The van der Waals surface area contributed by atoms with E-state index in [1.807, 2.05) is 0 Å². The lowest BCUT2D eigenvalue weighted by molar-refractivity contribution is -0.111. The molecule has 2 saturated carbocycles. The molecule has 3 nitrogen and oxygen atoms in total. The second kappa shape index (κ2) is 3.60. The van der Waals surface area contributed by atoms with Gasteiger partial charge in [0.1, 0.15) is 0 Å². The highest BCUT2D eigenvalue weighted by molar-refractivity contribution is 7.87. The predicted octanol–water partition coefficient (Wildman–Crippen LogP) is 2.63. The summed E-state index contributed by atoms with van der Waals surface area (Å²) < 4.78 is 70.9. The number of rotatable bonds is 3. The maximum absolute atomic E-state index is 14.2. The zero-order chi connectivity index (χ0) is 13.1. The van der Waals surface area contributed by atoms with E-state index in [0.29, 0.717) is 19.8 Å². The van der Waals surface area contributed by atoms with E-state index in [1.54, 1.807) is 0 Å². The molecule has 4 atom stereocenters. The number of halogens is 3. The summed E-state index contributed by atoms with van der Waals surface area (Å²) in [5, 5.41) is -4.74. The Morgan fingerprint density at radius 3 is 2.12 bits per heavy atom. The van der Waals surface area contributed by atoms with Gasteiger partial charge in [-0.25, -0.2) is 4.39 Å². The quantitative estimate of drug-likeness (QED) is 0.803. The van der Waals surface area contributed by atoms with Crippen LogP contribution in [0, 0.1) is 17.8 Å². The average molecular weight is 272 g/mol. The standard InChI is InChI=1S/C10H15F3O3S/c1-9(11,10(12,13)17(14,15)16)8-5-6-2-3-7(8)4-6/h6-8H,2-5H2,1H3,(H,14,15,16). The molecule has 2 rings (SSSR count). The van der Waals surface area contributed by atoms with Crippen LogP contribution in [0.15, 0.2) is 0 Å². The first kappa shape index (κ1) is 13.1. The number of hydrogen-bond acceptors (Lipinski definition) is 2. The van der Waals surface area contributed by atoms with Crippen molar-refractivity contribution in [2.24, 2.45) is 17.8 Å². The Hall–Kier alpha value is -0.300. The minimum absolute atomic E-state index is 0.192. The molecule has 2 fully saturated rings. The Morgan fingerprint density at radius 2 is 1.76 bits per heavy atom. The third-order valence-corrected chi connectivity index (χ3v) is 5.37. The van der Waals surface area contributed by atoms with Gasteiger partial charge in [0.05, 0.1) is 0 Å². The van der Waals surface area contributed by atoms with E-state index < -0.39 is 27.0 Å². The zero-order valence-electron chi connectivity index (χ0n) is 9.37. The predicted molar refractivity (Wildman–Crippen MR) is 54.9 cm³/mol. The molecule has 4 unspecified atom stereocenters. The minimum atomic E-state index is -5.72.